The summed E-state index contributed by atoms with van der Waals surface area (Å²) < 4.78 is 0. The molecule has 0 spiro atoms. The maximum Gasteiger partial charge on any atom is 0.315 e. The summed E-state index contributed by atoms with van der Waals surface area (Å²) in [6.07, 6.45) is 6.31. The molecular weight excluding hydrogens is 268 g/mol. The Morgan fingerprint density at radius 1 is 1.19 bits per heavy atom. The summed E-state index contributed by atoms with van der Waals surface area (Å²) in [7, 11) is 0. The quantitative estimate of drug-likeness (QED) is 0.675. The molecule has 1 aliphatic rings. The molecule has 0 bridgehead atoms. The molecule has 1 aliphatic carbocycles. The zero-order valence-electron chi connectivity index (χ0n) is 13.6. The minimum atomic E-state index is -0.764. The third-order valence-corrected chi connectivity index (χ3v) is 4.53. The van der Waals surface area contributed by atoms with Crippen LogP contribution in [0.4, 0.5) is 4.79 Å². The minimum absolute atomic E-state index is 0.0657. The van der Waals surface area contributed by atoms with Gasteiger partial charge in [0.1, 0.15) is 0 Å². The van der Waals surface area contributed by atoms with Crippen LogP contribution in [0.1, 0.15) is 65.7 Å². The Hall–Kier alpha value is -1.26. The van der Waals surface area contributed by atoms with Crippen LogP contribution in [0.2, 0.25) is 0 Å². The van der Waals surface area contributed by atoms with Crippen LogP contribution < -0.4 is 10.6 Å². The highest BCUT2D eigenvalue weighted by Crippen LogP contribution is 2.26. The highest BCUT2D eigenvalue weighted by Gasteiger charge is 2.23. The average molecular weight is 298 g/mol. The molecule has 0 aliphatic heterocycles. The SMILES string of the molecule is CC1CCCCC1NC(=O)NCCC(C)(C)CCC(=O)O. The first-order valence-electron chi connectivity index (χ1n) is 8.06. The van der Waals surface area contributed by atoms with Gasteiger partial charge in [-0.3, -0.25) is 4.79 Å². The van der Waals surface area contributed by atoms with E-state index < -0.39 is 5.97 Å². The van der Waals surface area contributed by atoms with E-state index in [0.717, 1.165) is 12.8 Å². The molecule has 3 N–H and O–H groups in total. The van der Waals surface area contributed by atoms with Gasteiger partial charge in [0.25, 0.3) is 0 Å². The molecule has 122 valence electrons. The summed E-state index contributed by atoms with van der Waals surface area (Å²) in [5, 5.41) is 14.7. The number of carboxylic acids is 1. The number of urea groups is 1. The van der Waals surface area contributed by atoms with Crippen LogP contribution in [0.25, 0.3) is 0 Å². The fourth-order valence-corrected chi connectivity index (χ4v) is 2.83. The molecule has 0 aromatic rings. The zero-order chi connectivity index (χ0) is 15.9. The number of rotatable bonds is 7. The van der Waals surface area contributed by atoms with E-state index in [1.54, 1.807) is 0 Å². The Morgan fingerprint density at radius 3 is 2.48 bits per heavy atom. The van der Waals surface area contributed by atoms with Crippen molar-refractivity contribution in [3.8, 4) is 0 Å². The molecule has 1 rings (SSSR count). The lowest BCUT2D eigenvalue weighted by atomic mass is 9.84. The number of aliphatic carboxylic acids is 1. The van der Waals surface area contributed by atoms with Crippen LogP contribution in [0, 0.1) is 11.3 Å². The monoisotopic (exact) mass is 298 g/mol. The minimum Gasteiger partial charge on any atom is -0.481 e. The number of carboxylic acid groups (broad SMARTS) is 1. The topological polar surface area (TPSA) is 78.4 Å². The lowest BCUT2D eigenvalue weighted by Crippen LogP contribution is -2.46. The predicted octanol–water partition coefficient (Wildman–Crippen LogP) is 3.15. The van der Waals surface area contributed by atoms with Crippen LogP contribution in [-0.4, -0.2) is 29.7 Å². The highest BCUT2D eigenvalue weighted by molar-refractivity contribution is 5.74. The van der Waals surface area contributed by atoms with Crippen LogP contribution in [0.5, 0.6) is 0 Å². The van der Waals surface area contributed by atoms with Gasteiger partial charge in [-0.15, -0.1) is 0 Å². The largest absolute Gasteiger partial charge is 0.481 e. The molecule has 5 nitrogen and oxygen atoms in total. The van der Waals surface area contributed by atoms with Gasteiger partial charge < -0.3 is 15.7 Å². The first kappa shape index (κ1) is 17.8. The molecule has 21 heavy (non-hydrogen) atoms. The summed E-state index contributed by atoms with van der Waals surface area (Å²) in [5.74, 6) is -0.212. The zero-order valence-corrected chi connectivity index (χ0v) is 13.6. The second-order valence-corrected chi connectivity index (χ2v) is 7.08. The Balaban J connectivity index is 2.21. The second kappa shape index (κ2) is 8.25. The lowest BCUT2D eigenvalue weighted by molar-refractivity contribution is -0.137. The van der Waals surface area contributed by atoms with Gasteiger partial charge in [-0.05, 0) is 37.0 Å². The fraction of sp³-hybridized carbons (Fsp3) is 0.875. The van der Waals surface area contributed by atoms with E-state index in [1.165, 1.54) is 19.3 Å². The molecule has 0 radical (unpaired) electrons. The Bertz CT molecular complexity index is 355. The molecule has 5 heteroatoms. The average Bonchev–Trinajstić information content (AvgIpc) is 2.39. The van der Waals surface area contributed by atoms with Gasteiger partial charge in [-0.1, -0.05) is 33.6 Å². The number of carbonyl (C=O) groups is 2. The number of amides is 2. The van der Waals surface area contributed by atoms with Crippen molar-refractivity contribution in [2.45, 2.75) is 71.8 Å². The van der Waals surface area contributed by atoms with Crippen LogP contribution >= 0.6 is 0 Å². The fourth-order valence-electron chi connectivity index (χ4n) is 2.83. The van der Waals surface area contributed by atoms with Gasteiger partial charge in [0.05, 0.1) is 0 Å². The maximum atomic E-state index is 11.9. The number of hydrogen-bond acceptors (Lipinski definition) is 2. The molecule has 0 aromatic carbocycles. The first-order chi connectivity index (χ1) is 9.80. The van der Waals surface area contributed by atoms with Gasteiger partial charge in [-0.2, -0.15) is 0 Å². The van der Waals surface area contributed by atoms with E-state index in [0.29, 0.717) is 24.9 Å². The molecule has 1 fully saturated rings. The van der Waals surface area contributed by atoms with Gasteiger partial charge in [0.2, 0.25) is 0 Å². The van der Waals surface area contributed by atoms with Crippen molar-refractivity contribution in [2.75, 3.05) is 6.54 Å². The molecular formula is C16H30N2O3. The summed E-state index contributed by atoms with van der Waals surface area (Å²) in [6.45, 7) is 6.86. The number of hydrogen-bond donors (Lipinski definition) is 3. The molecule has 1 saturated carbocycles. The molecule has 0 heterocycles. The standard InChI is InChI=1S/C16H30N2O3/c1-12-6-4-5-7-13(12)18-15(21)17-11-10-16(2,3)9-8-14(19)20/h12-13H,4-11H2,1-3H3,(H,19,20)(H2,17,18,21). The van der Waals surface area contributed by atoms with Crippen molar-refractivity contribution in [2.24, 2.45) is 11.3 Å². The van der Waals surface area contributed by atoms with Gasteiger partial charge in [0.15, 0.2) is 0 Å². The normalized spacial score (nSPS) is 22.6. The Morgan fingerprint density at radius 2 is 1.86 bits per heavy atom. The Kier molecular flexibility index (Phi) is 6.99. The van der Waals surface area contributed by atoms with E-state index >= 15 is 0 Å². The lowest BCUT2D eigenvalue weighted by Gasteiger charge is -2.30. The van der Waals surface area contributed by atoms with Crippen LogP contribution in [0.3, 0.4) is 0 Å². The third-order valence-electron chi connectivity index (χ3n) is 4.53. The van der Waals surface area contributed by atoms with Gasteiger partial charge in [0, 0.05) is 19.0 Å². The maximum absolute atomic E-state index is 11.9. The van der Waals surface area contributed by atoms with Crippen molar-refractivity contribution in [1.29, 1.82) is 0 Å². The van der Waals surface area contributed by atoms with Crippen molar-refractivity contribution in [3.63, 3.8) is 0 Å². The summed E-state index contributed by atoms with van der Waals surface area (Å²) in [4.78, 5) is 22.5. The van der Waals surface area contributed by atoms with E-state index in [-0.39, 0.29) is 17.9 Å². The summed E-state index contributed by atoms with van der Waals surface area (Å²) >= 11 is 0. The van der Waals surface area contributed by atoms with E-state index in [4.69, 9.17) is 5.11 Å². The second-order valence-electron chi connectivity index (χ2n) is 7.08. The van der Waals surface area contributed by atoms with Crippen molar-refractivity contribution >= 4 is 12.0 Å². The van der Waals surface area contributed by atoms with Crippen LogP contribution in [-0.2, 0) is 4.79 Å². The van der Waals surface area contributed by atoms with Gasteiger partial charge >= 0.3 is 12.0 Å². The van der Waals surface area contributed by atoms with E-state index in [2.05, 4.69) is 17.6 Å². The van der Waals surface area contributed by atoms with Crippen LogP contribution in [0.15, 0.2) is 0 Å². The van der Waals surface area contributed by atoms with E-state index in [9.17, 15) is 9.59 Å². The van der Waals surface area contributed by atoms with Crippen molar-refractivity contribution < 1.29 is 14.7 Å². The van der Waals surface area contributed by atoms with Crippen molar-refractivity contribution in [3.05, 3.63) is 0 Å². The molecule has 0 saturated heterocycles. The third kappa shape index (κ3) is 7.34. The first-order valence-corrected chi connectivity index (χ1v) is 8.06. The predicted molar refractivity (Wildman–Crippen MR) is 83.2 cm³/mol. The van der Waals surface area contributed by atoms with Gasteiger partial charge in [-0.25, -0.2) is 4.79 Å². The molecule has 2 unspecified atom stereocenters. The smallest absolute Gasteiger partial charge is 0.315 e. The van der Waals surface area contributed by atoms with Crippen molar-refractivity contribution in [1.82, 2.24) is 10.6 Å². The molecule has 2 atom stereocenters. The molecule has 2 amide bonds. The summed E-state index contributed by atoms with van der Waals surface area (Å²) in [5.41, 5.74) is -0.0657. The molecule has 0 aromatic heterocycles. The highest BCUT2D eigenvalue weighted by atomic mass is 16.4. The number of carbonyl (C=O) groups excluding carboxylic acids is 1. The summed E-state index contributed by atoms with van der Waals surface area (Å²) in [6, 6.07) is 0.196. The number of nitrogens with one attached hydrogen (secondary N) is 2. The van der Waals surface area contributed by atoms with E-state index in [1.807, 2.05) is 13.8 Å². The Labute approximate surface area is 127 Å².